The molecule has 0 aromatic heterocycles. The molecule has 3 aliphatic carbocycles. The number of nitrogens with one attached hydrogen (secondary N) is 1. The first-order valence-electron chi connectivity index (χ1n) is 10.6. The van der Waals surface area contributed by atoms with Crippen LogP contribution < -0.4 is 4.90 Å². The maximum Gasteiger partial charge on any atom is 0.147 e. The van der Waals surface area contributed by atoms with Crippen molar-refractivity contribution in [1.82, 2.24) is 0 Å². The number of piperidine rings is 1. The van der Waals surface area contributed by atoms with Gasteiger partial charge in [-0.2, -0.15) is 0 Å². The van der Waals surface area contributed by atoms with Crippen LogP contribution in [0.4, 0.5) is 0 Å². The zero-order valence-electron chi connectivity index (χ0n) is 15.3. The Bertz CT molecular complexity index is 530. The lowest BCUT2D eigenvalue weighted by molar-refractivity contribution is -0.928. The summed E-state index contributed by atoms with van der Waals surface area (Å²) >= 11 is 0. The van der Waals surface area contributed by atoms with Crippen molar-refractivity contribution in [2.24, 2.45) is 29.6 Å². The fraction of sp³-hybridized carbons (Fsp3) is 1.00. The van der Waals surface area contributed by atoms with Crippen LogP contribution >= 0.6 is 0 Å². The normalized spacial score (nSPS) is 60.1. The highest BCUT2D eigenvalue weighted by atomic mass is 16.7. The second kappa shape index (κ2) is 5.90. The van der Waals surface area contributed by atoms with E-state index in [9.17, 15) is 0 Å². The minimum Gasteiger partial charge on any atom is -0.349 e. The summed E-state index contributed by atoms with van der Waals surface area (Å²) in [7, 11) is 2.46. The number of rotatable bonds is 0. The van der Waals surface area contributed by atoms with Gasteiger partial charge < -0.3 is 23.8 Å². The van der Waals surface area contributed by atoms with Crippen molar-refractivity contribution in [3.63, 3.8) is 0 Å². The van der Waals surface area contributed by atoms with Crippen LogP contribution in [0.25, 0.3) is 0 Å². The van der Waals surface area contributed by atoms with Crippen molar-refractivity contribution in [1.29, 1.82) is 0 Å². The van der Waals surface area contributed by atoms with Crippen LogP contribution in [0.15, 0.2) is 0 Å². The van der Waals surface area contributed by atoms with Gasteiger partial charge in [-0.25, -0.2) is 0 Å². The number of hydrogen-bond donors (Lipinski definition) is 1. The molecule has 3 heterocycles. The molecule has 0 spiro atoms. The van der Waals surface area contributed by atoms with Gasteiger partial charge >= 0.3 is 0 Å². The van der Waals surface area contributed by atoms with E-state index in [0.717, 1.165) is 35.6 Å². The second-order valence-corrected chi connectivity index (χ2v) is 9.66. The maximum absolute atomic E-state index is 5.92. The molecule has 3 aliphatic heterocycles. The standard InChI is InChI=1S/C20H31NO4/c1-21-8-12-5-17-18(24-10-23-17)6-14(12)13-3-2-11-4-16-19(25-9-22-16)7-15(11)20(13)21/h11-20H,2-10H2,1H3/p+1. The Morgan fingerprint density at radius 3 is 1.96 bits per heavy atom. The minimum atomic E-state index is 0.368. The van der Waals surface area contributed by atoms with Gasteiger partial charge in [0.05, 0.1) is 44.1 Å². The summed E-state index contributed by atoms with van der Waals surface area (Å²) in [6.07, 6.45) is 9.27. The number of ether oxygens (including phenoxy) is 4. The van der Waals surface area contributed by atoms with E-state index in [1.54, 1.807) is 4.90 Å². The van der Waals surface area contributed by atoms with Crippen molar-refractivity contribution in [2.45, 2.75) is 69.0 Å². The highest BCUT2D eigenvalue weighted by molar-refractivity contribution is 5.02. The molecule has 5 nitrogen and oxygen atoms in total. The monoisotopic (exact) mass is 350 g/mol. The molecule has 0 radical (unpaired) electrons. The molecule has 3 saturated heterocycles. The molecular formula is C20H32NO4+. The molecule has 1 N–H and O–H groups in total. The van der Waals surface area contributed by atoms with Gasteiger partial charge in [-0.1, -0.05) is 0 Å². The van der Waals surface area contributed by atoms with Gasteiger partial charge in [-0.05, 0) is 50.4 Å². The molecule has 6 fully saturated rings. The van der Waals surface area contributed by atoms with Gasteiger partial charge in [-0.15, -0.1) is 0 Å². The van der Waals surface area contributed by atoms with E-state index in [-0.39, 0.29) is 0 Å². The third-order valence-electron chi connectivity index (χ3n) is 8.74. The first-order valence-corrected chi connectivity index (χ1v) is 10.6. The van der Waals surface area contributed by atoms with Crippen LogP contribution in [0.2, 0.25) is 0 Å². The Hall–Kier alpha value is -0.200. The average molecular weight is 350 g/mol. The number of likely N-dealkylation sites (tertiary alicyclic amines) is 1. The fourth-order valence-electron chi connectivity index (χ4n) is 7.80. The molecule has 11 atom stereocenters. The lowest BCUT2D eigenvalue weighted by Gasteiger charge is -2.56. The van der Waals surface area contributed by atoms with E-state index in [4.69, 9.17) is 18.9 Å². The third-order valence-corrected chi connectivity index (χ3v) is 8.74. The van der Waals surface area contributed by atoms with Crippen molar-refractivity contribution in [3.8, 4) is 0 Å². The Labute approximate surface area is 150 Å². The van der Waals surface area contributed by atoms with Crippen LogP contribution in [0.1, 0.15) is 38.5 Å². The van der Waals surface area contributed by atoms with Crippen molar-refractivity contribution >= 4 is 0 Å². The van der Waals surface area contributed by atoms with Gasteiger partial charge in [0.15, 0.2) is 0 Å². The SMILES string of the molecule is C[NH+]1CC2CC3OCOC3CC2C2CCC3CC4OCOC4CC3C21. The first-order chi connectivity index (χ1) is 12.3. The molecule has 5 heteroatoms. The zero-order chi connectivity index (χ0) is 16.5. The highest BCUT2D eigenvalue weighted by Gasteiger charge is 2.58. The molecule has 11 unspecified atom stereocenters. The minimum absolute atomic E-state index is 0.368. The molecule has 25 heavy (non-hydrogen) atoms. The zero-order valence-corrected chi connectivity index (χ0v) is 15.3. The van der Waals surface area contributed by atoms with Crippen molar-refractivity contribution in [3.05, 3.63) is 0 Å². The molecule has 0 aromatic carbocycles. The third kappa shape index (κ3) is 2.39. The predicted octanol–water partition coefficient (Wildman–Crippen LogP) is 0.829. The smallest absolute Gasteiger partial charge is 0.147 e. The molecular weight excluding hydrogens is 318 g/mol. The first kappa shape index (κ1) is 15.8. The molecule has 6 rings (SSSR count). The summed E-state index contributed by atoms with van der Waals surface area (Å²) in [5.41, 5.74) is 0. The van der Waals surface area contributed by atoms with Crippen molar-refractivity contribution < 1.29 is 23.8 Å². The molecule has 0 aromatic rings. The average Bonchev–Trinajstić information content (AvgIpc) is 3.25. The highest BCUT2D eigenvalue weighted by Crippen LogP contribution is 2.51. The van der Waals surface area contributed by atoms with Crippen molar-refractivity contribution in [2.75, 3.05) is 27.2 Å². The van der Waals surface area contributed by atoms with E-state index in [2.05, 4.69) is 7.05 Å². The summed E-state index contributed by atoms with van der Waals surface area (Å²) in [6.45, 7) is 2.38. The topological polar surface area (TPSA) is 41.4 Å². The van der Waals surface area contributed by atoms with Crippen LogP contribution in [0, 0.1) is 29.6 Å². The predicted molar refractivity (Wildman–Crippen MR) is 89.9 cm³/mol. The van der Waals surface area contributed by atoms with Gasteiger partial charge in [0.2, 0.25) is 0 Å². The Morgan fingerprint density at radius 1 is 0.640 bits per heavy atom. The molecule has 6 aliphatic rings. The van der Waals surface area contributed by atoms with Gasteiger partial charge in [0, 0.05) is 17.8 Å². The van der Waals surface area contributed by atoms with Crippen LogP contribution in [-0.2, 0) is 18.9 Å². The summed E-state index contributed by atoms with van der Waals surface area (Å²) in [5.74, 6) is 4.27. The summed E-state index contributed by atoms with van der Waals surface area (Å²) in [4.78, 5) is 1.79. The quantitative estimate of drug-likeness (QED) is 0.703. The summed E-state index contributed by atoms with van der Waals surface area (Å²) < 4.78 is 23.5. The number of fused-ring (bicyclic) bond motifs is 7. The van der Waals surface area contributed by atoms with Gasteiger partial charge in [-0.3, -0.25) is 0 Å². The Balaban J connectivity index is 1.26. The Morgan fingerprint density at radius 2 is 1.24 bits per heavy atom. The lowest BCUT2D eigenvalue weighted by atomic mass is 9.55. The molecule has 0 bridgehead atoms. The van der Waals surface area contributed by atoms with Crippen LogP contribution in [0.5, 0.6) is 0 Å². The Kier molecular flexibility index (Phi) is 3.73. The lowest BCUT2D eigenvalue weighted by Crippen LogP contribution is -3.17. The maximum atomic E-state index is 5.92. The van der Waals surface area contributed by atoms with Gasteiger partial charge in [0.1, 0.15) is 13.6 Å². The van der Waals surface area contributed by atoms with E-state index >= 15 is 0 Å². The van der Waals surface area contributed by atoms with Gasteiger partial charge in [0.25, 0.3) is 0 Å². The molecule has 140 valence electrons. The number of quaternary nitrogens is 1. The van der Waals surface area contributed by atoms with E-state index < -0.39 is 0 Å². The van der Waals surface area contributed by atoms with E-state index in [0.29, 0.717) is 38.0 Å². The van der Waals surface area contributed by atoms with E-state index in [1.165, 1.54) is 45.1 Å². The fourth-order valence-corrected chi connectivity index (χ4v) is 7.80. The van der Waals surface area contributed by atoms with Crippen LogP contribution in [-0.4, -0.2) is 57.6 Å². The largest absolute Gasteiger partial charge is 0.349 e. The molecule has 0 amide bonds. The van der Waals surface area contributed by atoms with E-state index in [1.807, 2.05) is 0 Å². The molecule has 3 saturated carbocycles. The summed E-state index contributed by atoms with van der Waals surface area (Å²) in [5, 5.41) is 0. The number of hydrogen-bond acceptors (Lipinski definition) is 4. The summed E-state index contributed by atoms with van der Waals surface area (Å²) in [6, 6.07) is 0.823. The van der Waals surface area contributed by atoms with Crippen LogP contribution in [0.3, 0.4) is 0 Å². The second-order valence-electron chi connectivity index (χ2n) is 9.66.